The molecule has 2 aliphatic rings. The lowest BCUT2D eigenvalue weighted by Gasteiger charge is -2.29. The van der Waals surface area contributed by atoms with E-state index in [0.717, 1.165) is 43.0 Å². The largest absolute Gasteiger partial charge is 0.494 e. The minimum Gasteiger partial charge on any atom is -0.494 e. The molecule has 1 aliphatic carbocycles. The molecule has 0 radical (unpaired) electrons. The van der Waals surface area contributed by atoms with E-state index in [9.17, 15) is 0 Å². The predicted octanol–water partition coefficient (Wildman–Crippen LogP) is 7.30. The van der Waals surface area contributed by atoms with Crippen LogP contribution in [0.15, 0.2) is 24.3 Å². The molecule has 0 aromatic heterocycles. The first-order valence-corrected chi connectivity index (χ1v) is 12.2. The van der Waals surface area contributed by atoms with Gasteiger partial charge in [0.1, 0.15) is 5.75 Å². The third-order valence-electron chi connectivity index (χ3n) is 6.77. The fourth-order valence-corrected chi connectivity index (χ4v) is 4.90. The number of unbranched alkanes of at least 4 members (excludes halogenated alkanes) is 1. The van der Waals surface area contributed by atoms with Gasteiger partial charge < -0.3 is 14.2 Å². The van der Waals surface area contributed by atoms with E-state index in [1.54, 1.807) is 0 Å². The monoisotopic (exact) mass is 402 g/mol. The summed E-state index contributed by atoms with van der Waals surface area (Å²) in [5, 5.41) is 0. The van der Waals surface area contributed by atoms with Gasteiger partial charge in [-0.05, 0) is 43.2 Å². The maximum absolute atomic E-state index is 5.98. The Labute approximate surface area is 178 Å². The Kier molecular flexibility index (Phi) is 9.82. The Balaban J connectivity index is 1.30. The number of hydrogen-bond donors (Lipinski definition) is 0. The molecule has 1 aliphatic heterocycles. The molecule has 3 heteroatoms. The lowest BCUT2D eigenvalue weighted by atomic mass is 9.78. The molecule has 1 heterocycles. The molecule has 29 heavy (non-hydrogen) atoms. The fraction of sp³-hybridized carbons (Fsp3) is 0.769. The van der Waals surface area contributed by atoms with Crippen LogP contribution in [0.4, 0.5) is 0 Å². The molecule has 0 bridgehead atoms. The van der Waals surface area contributed by atoms with Crippen molar-refractivity contribution in [3.05, 3.63) is 29.8 Å². The van der Waals surface area contributed by atoms with E-state index in [1.807, 2.05) is 0 Å². The standard InChI is InChI=1S/C26H42O3/c1-3-5-8-23-19-28-26(29-20-23)24-14-16-25(17-15-24)27-18-6-9-22-12-10-21(7-4-2)11-13-22/h14-17,21-23,26H,3-13,18-20H2,1-2H3. The van der Waals surface area contributed by atoms with Crippen LogP contribution in [0.25, 0.3) is 0 Å². The van der Waals surface area contributed by atoms with E-state index in [0.29, 0.717) is 5.92 Å². The maximum atomic E-state index is 5.98. The number of ether oxygens (including phenoxy) is 3. The zero-order valence-electron chi connectivity index (χ0n) is 18.7. The average Bonchev–Trinajstić information content (AvgIpc) is 2.77. The highest BCUT2D eigenvalue weighted by atomic mass is 16.7. The Morgan fingerprint density at radius 3 is 2.00 bits per heavy atom. The van der Waals surface area contributed by atoms with E-state index in [1.165, 1.54) is 70.6 Å². The summed E-state index contributed by atoms with van der Waals surface area (Å²) in [5.41, 5.74) is 1.09. The van der Waals surface area contributed by atoms with Crippen LogP contribution in [0.3, 0.4) is 0 Å². The van der Waals surface area contributed by atoms with E-state index >= 15 is 0 Å². The molecule has 1 saturated heterocycles. The summed E-state index contributed by atoms with van der Waals surface area (Å²) in [6.07, 6.45) is 14.5. The van der Waals surface area contributed by atoms with Crippen molar-refractivity contribution in [3.63, 3.8) is 0 Å². The zero-order chi connectivity index (χ0) is 20.3. The molecule has 3 rings (SSSR count). The molecular formula is C26H42O3. The molecule has 0 atom stereocenters. The lowest BCUT2D eigenvalue weighted by molar-refractivity contribution is -0.206. The van der Waals surface area contributed by atoms with Gasteiger partial charge in [0.05, 0.1) is 19.8 Å². The van der Waals surface area contributed by atoms with Crippen LogP contribution in [-0.2, 0) is 9.47 Å². The molecule has 164 valence electrons. The van der Waals surface area contributed by atoms with Crippen LogP contribution < -0.4 is 4.74 Å². The van der Waals surface area contributed by atoms with Crippen LogP contribution in [0.2, 0.25) is 0 Å². The smallest absolute Gasteiger partial charge is 0.183 e. The van der Waals surface area contributed by atoms with Gasteiger partial charge in [0, 0.05) is 11.5 Å². The second kappa shape index (κ2) is 12.6. The summed E-state index contributed by atoms with van der Waals surface area (Å²) in [6.45, 7) is 6.99. The first-order chi connectivity index (χ1) is 14.3. The molecule has 0 unspecified atom stereocenters. The van der Waals surface area contributed by atoms with Gasteiger partial charge in [-0.3, -0.25) is 0 Å². The predicted molar refractivity (Wildman–Crippen MR) is 119 cm³/mol. The molecule has 0 spiro atoms. The van der Waals surface area contributed by atoms with Gasteiger partial charge in [-0.1, -0.05) is 77.3 Å². The molecule has 2 fully saturated rings. The van der Waals surface area contributed by atoms with Gasteiger partial charge >= 0.3 is 0 Å². The summed E-state index contributed by atoms with van der Waals surface area (Å²) in [5.74, 6) is 3.44. The minimum absolute atomic E-state index is 0.218. The Morgan fingerprint density at radius 1 is 0.759 bits per heavy atom. The van der Waals surface area contributed by atoms with Crippen LogP contribution in [0.5, 0.6) is 5.75 Å². The van der Waals surface area contributed by atoms with Crippen molar-refractivity contribution in [3.8, 4) is 5.75 Å². The molecular weight excluding hydrogens is 360 g/mol. The summed E-state index contributed by atoms with van der Waals surface area (Å²) >= 11 is 0. The van der Waals surface area contributed by atoms with E-state index in [4.69, 9.17) is 14.2 Å². The highest BCUT2D eigenvalue weighted by Crippen LogP contribution is 2.34. The zero-order valence-corrected chi connectivity index (χ0v) is 18.7. The first kappa shape index (κ1) is 22.6. The van der Waals surface area contributed by atoms with Crippen molar-refractivity contribution < 1.29 is 14.2 Å². The maximum Gasteiger partial charge on any atom is 0.183 e. The number of benzene rings is 1. The van der Waals surface area contributed by atoms with Gasteiger partial charge in [-0.2, -0.15) is 0 Å². The molecule has 1 saturated carbocycles. The van der Waals surface area contributed by atoms with E-state index < -0.39 is 0 Å². The normalized spacial score (nSPS) is 27.7. The Morgan fingerprint density at radius 2 is 1.38 bits per heavy atom. The average molecular weight is 403 g/mol. The second-order valence-corrected chi connectivity index (χ2v) is 9.24. The van der Waals surface area contributed by atoms with Gasteiger partial charge in [0.2, 0.25) is 0 Å². The summed E-state index contributed by atoms with van der Waals surface area (Å²) < 4.78 is 17.9. The third-order valence-corrected chi connectivity index (χ3v) is 6.77. The van der Waals surface area contributed by atoms with E-state index in [2.05, 4.69) is 38.1 Å². The highest BCUT2D eigenvalue weighted by Gasteiger charge is 2.23. The molecule has 3 nitrogen and oxygen atoms in total. The molecule has 0 N–H and O–H groups in total. The van der Waals surface area contributed by atoms with Crippen molar-refractivity contribution in [1.82, 2.24) is 0 Å². The van der Waals surface area contributed by atoms with Crippen LogP contribution in [0.1, 0.15) is 96.3 Å². The van der Waals surface area contributed by atoms with Crippen molar-refractivity contribution in [2.45, 2.75) is 90.8 Å². The Bertz CT molecular complexity index is 540. The quantitative estimate of drug-likeness (QED) is 0.363. The lowest BCUT2D eigenvalue weighted by Crippen LogP contribution is -2.27. The highest BCUT2D eigenvalue weighted by molar-refractivity contribution is 5.28. The van der Waals surface area contributed by atoms with Gasteiger partial charge in [0.25, 0.3) is 0 Å². The van der Waals surface area contributed by atoms with Crippen molar-refractivity contribution in [2.24, 2.45) is 17.8 Å². The minimum atomic E-state index is -0.218. The molecule has 0 amide bonds. The molecule has 1 aromatic rings. The Hall–Kier alpha value is -1.06. The second-order valence-electron chi connectivity index (χ2n) is 9.24. The van der Waals surface area contributed by atoms with Crippen LogP contribution in [0, 0.1) is 17.8 Å². The summed E-state index contributed by atoms with van der Waals surface area (Å²) in [6, 6.07) is 8.28. The van der Waals surface area contributed by atoms with Crippen LogP contribution in [-0.4, -0.2) is 19.8 Å². The van der Waals surface area contributed by atoms with E-state index in [-0.39, 0.29) is 6.29 Å². The summed E-state index contributed by atoms with van der Waals surface area (Å²) in [7, 11) is 0. The van der Waals surface area contributed by atoms with Gasteiger partial charge in [0.15, 0.2) is 6.29 Å². The van der Waals surface area contributed by atoms with Gasteiger partial charge in [-0.25, -0.2) is 0 Å². The van der Waals surface area contributed by atoms with Gasteiger partial charge in [-0.15, -0.1) is 0 Å². The first-order valence-electron chi connectivity index (χ1n) is 12.2. The van der Waals surface area contributed by atoms with Crippen LogP contribution >= 0.6 is 0 Å². The topological polar surface area (TPSA) is 27.7 Å². The van der Waals surface area contributed by atoms with Crippen molar-refractivity contribution in [1.29, 1.82) is 0 Å². The summed E-state index contributed by atoms with van der Waals surface area (Å²) in [4.78, 5) is 0. The molecule has 1 aromatic carbocycles. The van der Waals surface area contributed by atoms with Crippen molar-refractivity contribution in [2.75, 3.05) is 19.8 Å². The SMILES string of the molecule is CCCCC1COC(c2ccc(OCCCC3CCC(CCC)CC3)cc2)OC1. The number of rotatable bonds is 11. The number of hydrogen-bond acceptors (Lipinski definition) is 3. The van der Waals surface area contributed by atoms with Crippen molar-refractivity contribution >= 4 is 0 Å². The third kappa shape index (κ3) is 7.61. The fourth-order valence-electron chi connectivity index (χ4n) is 4.90.